The molecule has 12 heavy (non-hydrogen) atoms. The average Bonchev–Trinajstić information content (AvgIpc) is 2.03. The van der Waals surface area contributed by atoms with Crippen LogP contribution in [-0.2, 0) is 4.79 Å². The van der Waals surface area contributed by atoms with Crippen molar-refractivity contribution in [1.82, 2.24) is 4.98 Å². The molecule has 1 heterocycles. The Bertz CT molecular complexity index is 303. The van der Waals surface area contributed by atoms with Crippen molar-refractivity contribution in [2.45, 2.75) is 6.04 Å². The van der Waals surface area contributed by atoms with E-state index in [0.29, 0.717) is 5.56 Å². The number of carboxylic acid groups (broad SMARTS) is 1. The van der Waals surface area contributed by atoms with Gasteiger partial charge in [0.2, 0.25) is 0 Å². The molecule has 1 aromatic rings. The highest BCUT2D eigenvalue weighted by atomic mass is 79.9. The van der Waals surface area contributed by atoms with Crippen LogP contribution in [0.3, 0.4) is 0 Å². The van der Waals surface area contributed by atoms with Gasteiger partial charge in [-0.1, -0.05) is 0 Å². The van der Waals surface area contributed by atoms with Crippen LogP contribution in [0.4, 0.5) is 0 Å². The van der Waals surface area contributed by atoms with Crippen LogP contribution in [0.2, 0.25) is 0 Å². The second-order valence-corrected chi connectivity index (χ2v) is 3.17. The van der Waals surface area contributed by atoms with Gasteiger partial charge in [-0.3, -0.25) is 9.78 Å². The summed E-state index contributed by atoms with van der Waals surface area (Å²) in [6.07, 6.45) is 3.00. The molecule has 0 aromatic carbocycles. The maximum atomic E-state index is 10.4. The number of carboxylic acids is 1. The maximum Gasteiger partial charge on any atom is 0.325 e. The fraction of sp³-hybridized carbons (Fsp3) is 0.143. The smallest absolute Gasteiger partial charge is 0.325 e. The molecular weight excluding hydrogens is 224 g/mol. The second-order valence-electron chi connectivity index (χ2n) is 2.25. The van der Waals surface area contributed by atoms with E-state index in [1.54, 1.807) is 12.3 Å². The highest BCUT2D eigenvalue weighted by molar-refractivity contribution is 9.10. The summed E-state index contributed by atoms with van der Waals surface area (Å²) in [7, 11) is 0. The summed E-state index contributed by atoms with van der Waals surface area (Å²) < 4.78 is 0.719. The van der Waals surface area contributed by atoms with Gasteiger partial charge >= 0.3 is 5.97 Å². The standard InChI is InChI=1S/C7H7BrN2O2/c8-5-1-4(2-10-3-5)6(9)7(11)12/h1-3,6H,9H2,(H,11,12). The summed E-state index contributed by atoms with van der Waals surface area (Å²) in [5.41, 5.74) is 5.83. The Morgan fingerprint density at radius 2 is 2.33 bits per heavy atom. The van der Waals surface area contributed by atoms with Gasteiger partial charge < -0.3 is 10.8 Å². The first-order chi connectivity index (χ1) is 5.61. The van der Waals surface area contributed by atoms with Gasteiger partial charge in [0.15, 0.2) is 0 Å². The molecule has 1 rings (SSSR count). The molecule has 0 bridgehead atoms. The van der Waals surface area contributed by atoms with Crippen molar-refractivity contribution in [2.75, 3.05) is 0 Å². The summed E-state index contributed by atoms with van der Waals surface area (Å²) >= 11 is 3.17. The van der Waals surface area contributed by atoms with Gasteiger partial charge in [0, 0.05) is 16.9 Å². The van der Waals surface area contributed by atoms with Crippen LogP contribution < -0.4 is 5.73 Å². The number of nitrogens with zero attached hydrogens (tertiary/aromatic N) is 1. The van der Waals surface area contributed by atoms with Gasteiger partial charge in [-0.2, -0.15) is 0 Å². The van der Waals surface area contributed by atoms with E-state index in [1.807, 2.05) is 0 Å². The first-order valence-electron chi connectivity index (χ1n) is 3.20. The van der Waals surface area contributed by atoms with Gasteiger partial charge in [-0.25, -0.2) is 0 Å². The Hall–Kier alpha value is -0.940. The Morgan fingerprint density at radius 1 is 1.67 bits per heavy atom. The lowest BCUT2D eigenvalue weighted by molar-refractivity contribution is -0.138. The number of hydrogen-bond acceptors (Lipinski definition) is 3. The van der Waals surface area contributed by atoms with Crippen LogP contribution >= 0.6 is 15.9 Å². The molecular formula is C7H7BrN2O2. The van der Waals surface area contributed by atoms with Crippen molar-refractivity contribution >= 4 is 21.9 Å². The number of aromatic nitrogens is 1. The van der Waals surface area contributed by atoms with Crippen molar-refractivity contribution in [3.63, 3.8) is 0 Å². The minimum Gasteiger partial charge on any atom is -0.480 e. The van der Waals surface area contributed by atoms with Crippen LogP contribution in [-0.4, -0.2) is 16.1 Å². The number of hydrogen-bond donors (Lipinski definition) is 2. The third-order valence-electron chi connectivity index (χ3n) is 1.35. The van der Waals surface area contributed by atoms with Crippen molar-refractivity contribution in [1.29, 1.82) is 0 Å². The lowest BCUT2D eigenvalue weighted by Crippen LogP contribution is -2.20. The van der Waals surface area contributed by atoms with Crippen LogP contribution in [0.5, 0.6) is 0 Å². The van der Waals surface area contributed by atoms with Crippen molar-refractivity contribution < 1.29 is 9.90 Å². The highest BCUT2D eigenvalue weighted by Crippen LogP contribution is 2.14. The summed E-state index contributed by atoms with van der Waals surface area (Å²) in [6, 6.07) is 0.626. The van der Waals surface area contributed by atoms with Gasteiger partial charge in [-0.15, -0.1) is 0 Å². The van der Waals surface area contributed by atoms with Crippen LogP contribution in [0.15, 0.2) is 22.9 Å². The van der Waals surface area contributed by atoms with Crippen molar-refractivity contribution in [3.8, 4) is 0 Å². The molecule has 64 valence electrons. The molecule has 0 aliphatic rings. The summed E-state index contributed by atoms with van der Waals surface area (Å²) in [5, 5.41) is 8.56. The number of halogens is 1. The van der Waals surface area contributed by atoms with Crippen molar-refractivity contribution in [3.05, 3.63) is 28.5 Å². The fourth-order valence-corrected chi connectivity index (χ4v) is 1.12. The molecule has 1 unspecified atom stereocenters. The van der Waals surface area contributed by atoms with E-state index in [9.17, 15) is 4.79 Å². The second kappa shape index (κ2) is 3.64. The molecule has 1 aromatic heterocycles. The van der Waals surface area contributed by atoms with E-state index in [4.69, 9.17) is 10.8 Å². The van der Waals surface area contributed by atoms with E-state index in [0.717, 1.165) is 4.47 Å². The number of carbonyl (C=O) groups is 1. The quantitative estimate of drug-likeness (QED) is 0.793. The van der Waals surface area contributed by atoms with Gasteiger partial charge in [-0.05, 0) is 27.6 Å². The molecule has 0 aliphatic carbocycles. The molecule has 4 nitrogen and oxygen atoms in total. The fourth-order valence-electron chi connectivity index (χ4n) is 0.741. The minimum atomic E-state index is -1.06. The average molecular weight is 231 g/mol. The van der Waals surface area contributed by atoms with Gasteiger partial charge in [0.25, 0.3) is 0 Å². The molecule has 0 radical (unpaired) electrons. The Kier molecular flexibility index (Phi) is 2.78. The first-order valence-corrected chi connectivity index (χ1v) is 3.99. The summed E-state index contributed by atoms with van der Waals surface area (Å²) in [4.78, 5) is 14.2. The van der Waals surface area contributed by atoms with E-state index < -0.39 is 12.0 Å². The number of pyridine rings is 1. The summed E-state index contributed by atoms with van der Waals surface area (Å²) in [6.45, 7) is 0. The maximum absolute atomic E-state index is 10.4. The Morgan fingerprint density at radius 3 is 2.83 bits per heavy atom. The molecule has 0 fully saturated rings. The summed E-state index contributed by atoms with van der Waals surface area (Å²) in [5.74, 6) is -1.06. The number of rotatable bonds is 2. The normalized spacial score (nSPS) is 12.5. The third-order valence-corrected chi connectivity index (χ3v) is 1.78. The number of nitrogens with two attached hydrogens (primary N) is 1. The predicted octanol–water partition coefficient (Wildman–Crippen LogP) is 0.928. The topological polar surface area (TPSA) is 76.2 Å². The lowest BCUT2D eigenvalue weighted by atomic mass is 10.1. The molecule has 0 amide bonds. The SMILES string of the molecule is NC(C(=O)O)c1cncc(Br)c1. The van der Waals surface area contributed by atoms with Crippen LogP contribution in [0.1, 0.15) is 11.6 Å². The molecule has 1 atom stereocenters. The zero-order valence-corrected chi connectivity index (χ0v) is 7.65. The zero-order chi connectivity index (χ0) is 9.14. The highest BCUT2D eigenvalue weighted by Gasteiger charge is 2.14. The van der Waals surface area contributed by atoms with E-state index in [-0.39, 0.29) is 0 Å². The Labute approximate surface area is 77.5 Å². The molecule has 0 saturated heterocycles. The molecule has 0 aliphatic heterocycles. The Balaban J connectivity index is 2.95. The number of aliphatic carboxylic acids is 1. The molecule has 3 N–H and O–H groups in total. The third kappa shape index (κ3) is 2.02. The molecule has 0 saturated carbocycles. The largest absolute Gasteiger partial charge is 0.480 e. The van der Waals surface area contributed by atoms with E-state index >= 15 is 0 Å². The molecule has 0 spiro atoms. The monoisotopic (exact) mass is 230 g/mol. The van der Waals surface area contributed by atoms with Gasteiger partial charge in [0.05, 0.1) is 0 Å². The van der Waals surface area contributed by atoms with E-state index in [2.05, 4.69) is 20.9 Å². The van der Waals surface area contributed by atoms with Crippen LogP contribution in [0.25, 0.3) is 0 Å². The van der Waals surface area contributed by atoms with E-state index in [1.165, 1.54) is 6.20 Å². The van der Waals surface area contributed by atoms with Crippen LogP contribution in [0, 0.1) is 0 Å². The minimum absolute atomic E-state index is 0.483. The molecule has 5 heteroatoms. The zero-order valence-electron chi connectivity index (χ0n) is 6.07. The lowest BCUT2D eigenvalue weighted by Gasteiger charge is -2.05. The van der Waals surface area contributed by atoms with Gasteiger partial charge in [0.1, 0.15) is 6.04 Å². The van der Waals surface area contributed by atoms with Crippen molar-refractivity contribution in [2.24, 2.45) is 5.73 Å². The predicted molar refractivity (Wildman–Crippen MR) is 46.5 cm³/mol. The first kappa shape index (κ1) is 9.15.